The van der Waals surface area contributed by atoms with E-state index in [1.165, 1.54) is 0 Å². The first kappa shape index (κ1) is 10.0. The van der Waals surface area contributed by atoms with Gasteiger partial charge in [-0.3, -0.25) is 9.89 Å². The minimum Gasteiger partial charge on any atom is -0.395 e. The lowest BCUT2D eigenvalue weighted by Gasteiger charge is -2.14. The van der Waals surface area contributed by atoms with E-state index in [0.29, 0.717) is 17.4 Å². The molecule has 1 aliphatic rings. The molecule has 5 heteroatoms. The summed E-state index contributed by atoms with van der Waals surface area (Å²) < 4.78 is 0. The van der Waals surface area contributed by atoms with E-state index in [1.807, 2.05) is 6.92 Å². The number of anilines is 1. The van der Waals surface area contributed by atoms with Crippen LogP contribution in [0.4, 0.5) is 5.69 Å². The first-order valence-corrected chi connectivity index (χ1v) is 5.25. The van der Waals surface area contributed by atoms with Crippen molar-refractivity contribution in [2.24, 2.45) is 0 Å². The fourth-order valence-corrected chi connectivity index (χ4v) is 1.61. The Morgan fingerprint density at radius 3 is 2.80 bits per heavy atom. The maximum atomic E-state index is 11.9. The van der Waals surface area contributed by atoms with Gasteiger partial charge in [0.15, 0.2) is 5.69 Å². The summed E-state index contributed by atoms with van der Waals surface area (Å²) >= 11 is 0. The topological polar surface area (TPSA) is 75.0 Å². The van der Waals surface area contributed by atoms with Crippen LogP contribution in [0, 0.1) is 0 Å². The standard InChI is InChI=1S/C10H16N4O/c1-3-7-8(11)9(13-12-7)10(15)14(2)6-4-5-6/h6H,3-5,11H2,1-2H3,(H,12,13). The van der Waals surface area contributed by atoms with E-state index < -0.39 is 0 Å². The predicted octanol–water partition coefficient (Wildman–Crippen LogP) is 0.789. The molecule has 1 aromatic rings. The summed E-state index contributed by atoms with van der Waals surface area (Å²) in [5.41, 5.74) is 7.53. The molecule has 2 rings (SSSR count). The Labute approximate surface area is 88.6 Å². The highest BCUT2D eigenvalue weighted by Gasteiger charge is 2.32. The number of H-pyrrole nitrogens is 1. The van der Waals surface area contributed by atoms with Crippen molar-refractivity contribution in [1.29, 1.82) is 0 Å². The van der Waals surface area contributed by atoms with E-state index in [0.717, 1.165) is 25.0 Å². The molecule has 0 saturated heterocycles. The van der Waals surface area contributed by atoms with Gasteiger partial charge in [-0.2, -0.15) is 5.10 Å². The third-order valence-corrected chi connectivity index (χ3v) is 2.85. The summed E-state index contributed by atoms with van der Waals surface area (Å²) in [5.74, 6) is -0.0778. The van der Waals surface area contributed by atoms with Gasteiger partial charge < -0.3 is 10.6 Å². The van der Waals surface area contributed by atoms with E-state index in [4.69, 9.17) is 5.73 Å². The highest BCUT2D eigenvalue weighted by molar-refractivity contribution is 5.97. The molecular formula is C10H16N4O. The number of rotatable bonds is 3. The smallest absolute Gasteiger partial charge is 0.276 e. The molecule has 1 heterocycles. The molecule has 0 bridgehead atoms. The van der Waals surface area contributed by atoms with Crippen molar-refractivity contribution in [3.63, 3.8) is 0 Å². The number of amides is 1. The zero-order valence-corrected chi connectivity index (χ0v) is 9.08. The van der Waals surface area contributed by atoms with Crippen molar-refractivity contribution in [1.82, 2.24) is 15.1 Å². The second-order valence-electron chi connectivity index (χ2n) is 3.97. The number of hydrogen-bond donors (Lipinski definition) is 2. The second kappa shape index (κ2) is 3.56. The minimum atomic E-state index is -0.0778. The van der Waals surface area contributed by atoms with E-state index in [9.17, 15) is 4.79 Å². The Morgan fingerprint density at radius 2 is 2.33 bits per heavy atom. The van der Waals surface area contributed by atoms with E-state index >= 15 is 0 Å². The van der Waals surface area contributed by atoms with Gasteiger partial charge in [-0.15, -0.1) is 0 Å². The fourth-order valence-electron chi connectivity index (χ4n) is 1.61. The van der Waals surface area contributed by atoms with Crippen LogP contribution >= 0.6 is 0 Å². The van der Waals surface area contributed by atoms with E-state index in [2.05, 4.69) is 10.2 Å². The van der Waals surface area contributed by atoms with Gasteiger partial charge in [-0.05, 0) is 19.3 Å². The van der Waals surface area contributed by atoms with Crippen LogP contribution in [0.3, 0.4) is 0 Å². The minimum absolute atomic E-state index is 0.0778. The molecule has 15 heavy (non-hydrogen) atoms. The fraction of sp³-hybridized carbons (Fsp3) is 0.600. The van der Waals surface area contributed by atoms with Crippen LogP contribution in [0.5, 0.6) is 0 Å². The van der Waals surface area contributed by atoms with Crippen molar-refractivity contribution in [3.05, 3.63) is 11.4 Å². The van der Waals surface area contributed by atoms with Gasteiger partial charge in [-0.1, -0.05) is 6.92 Å². The number of hydrogen-bond acceptors (Lipinski definition) is 3. The molecular weight excluding hydrogens is 192 g/mol. The average Bonchev–Trinajstić information content (AvgIpc) is 3.01. The summed E-state index contributed by atoms with van der Waals surface area (Å²) in [7, 11) is 1.81. The van der Waals surface area contributed by atoms with Crippen molar-refractivity contribution in [2.45, 2.75) is 32.2 Å². The van der Waals surface area contributed by atoms with Gasteiger partial charge in [0.1, 0.15) is 0 Å². The van der Waals surface area contributed by atoms with Crippen LogP contribution in [-0.2, 0) is 6.42 Å². The largest absolute Gasteiger partial charge is 0.395 e. The maximum Gasteiger partial charge on any atom is 0.276 e. The number of aryl methyl sites for hydroxylation is 1. The number of aromatic amines is 1. The van der Waals surface area contributed by atoms with Gasteiger partial charge in [0.05, 0.1) is 11.4 Å². The lowest BCUT2D eigenvalue weighted by molar-refractivity contribution is 0.0780. The normalized spacial score (nSPS) is 15.3. The monoisotopic (exact) mass is 208 g/mol. The Balaban J connectivity index is 2.20. The Morgan fingerprint density at radius 1 is 1.67 bits per heavy atom. The Kier molecular flexibility index (Phi) is 2.38. The van der Waals surface area contributed by atoms with Crippen molar-refractivity contribution in [3.8, 4) is 0 Å². The molecule has 0 spiro atoms. The zero-order valence-electron chi connectivity index (χ0n) is 9.08. The molecule has 0 unspecified atom stereocenters. The quantitative estimate of drug-likeness (QED) is 0.771. The lowest BCUT2D eigenvalue weighted by atomic mass is 10.2. The molecule has 0 aromatic carbocycles. The highest BCUT2D eigenvalue weighted by atomic mass is 16.2. The first-order chi connectivity index (χ1) is 7.15. The Hall–Kier alpha value is -1.52. The third-order valence-electron chi connectivity index (χ3n) is 2.85. The highest BCUT2D eigenvalue weighted by Crippen LogP contribution is 2.27. The summed E-state index contributed by atoms with van der Waals surface area (Å²) in [6.45, 7) is 1.97. The molecule has 1 saturated carbocycles. The summed E-state index contributed by atoms with van der Waals surface area (Å²) in [4.78, 5) is 13.7. The Bertz CT molecular complexity index is 381. The second-order valence-corrected chi connectivity index (χ2v) is 3.97. The predicted molar refractivity (Wildman–Crippen MR) is 57.5 cm³/mol. The summed E-state index contributed by atoms with van der Waals surface area (Å²) in [6, 6.07) is 0.388. The van der Waals surface area contributed by atoms with Gasteiger partial charge in [0, 0.05) is 13.1 Å². The molecule has 0 atom stereocenters. The first-order valence-electron chi connectivity index (χ1n) is 5.25. The van der Waals surface area contributed by atoms with E-state index in [1.54, 1.807) is 11.9 Å². The summed E-state index contributed by atoms with van der Waals surface area (Å²) in [6.07, 6.45) is 2.94. The SMILES string of the molecule is CCc1[nH]nc(C(=O)N(C)C2CC2)c1N. The number of nitrogens with one attached hydrogen (secondary N) is 1. The van der Waals surface area contributed by atoms with Crippen molar-refractivity contribution >= 4 is 11.6 Å². The van der Waals surface area contributed by atoms with Crippen LogP contribution in [-0.4, -0.2) is 34.1 Å². The molecule has 5 nitrogen and oxygen atoms in total. The van der Waals surface area contributed by atoms with Crippen molar-refractivity contribution in [2.75, 3.05) is 12.8 Å². The number of carbonyl (C=O) groups excluding carboxylic acids is 1. The maximum absolute atomic E-state index is 11.9. The third kappa shape index (κ3) is 1.69. The number of aromatic nitrogens is 2. The molecule has 0 aliphatic heterocycles. The number of nitrogens with two attached hydrogens (primary N) is 1. The van der Waals surface area contributed by atoms with Crippen LogP contribution in [0.25, 0.3) is 0 Å². The molecule has 82 valence electrons. The van der Waals surface area contributed by atoms with E-state index in [-0.39, 0.29) is 5.91 Å². The summed E-state index contributed by atoms with van der Waals surface area (Å²) in [5, 5.41) is 6.77. The van der Waals surface area contributed by atoms with Gasteiger partial charge in [-0.25, -0.2) is 0 Å². The molecule has 1 fully saturated rings. The van der Waals surface area contributed by atoms with Crippen LogP contribution < -0.4 is 5.73 Å². The molecule has 0 radical (unpaired) electrons. The number of nitrogen functional groups attached to an aromatic ring is 1. The average molecular weight is 208 g/mol. The van der Waals surface area contributed by atoms with Gasteiger partial charge in [0.25, 0.3) is 5.91 Å². The van der Waals surface area contributed by atoms with Crippen molar-refractivity contribution < 1.29 is 4.79 Å². The lowest BCUT2D eigenvalue weighted by Crippen LogP contribution is -2.29. The van der Waals surface area contributed by atoms with Crippen LogP contribution in [0.15, 0.2) is 0 Å². The van der Waals surface area contributed by atoms with Gasteiger partial charge >= 0.3 is 0 Å². The molecule has 3 N–H and O–H groups in total. The number of nitrogens with zero attached hydrogens (tertiary/aromatic N) is 2. The van der Waals surface area contributed by atoms with Crippen LogP contribution in [0.1, 0.15) is 35.9 Å². The zero-order chi connectivity index (χ0) is 11.0. The molecule has 1 aliphatic carbocycles. The number of carbonyl (C=O) groups is 1. The molecule has 1 aromatic heterocycles. The molecule has 1 amide bonds. The van der Waals surface area contributed by atoms with Gasteiger partial charge in [0.2, 0.25) is 0 Å². The van der Waals surface area contributed by atoms with Crippen LogP contribution in [0.2, 0.25) is 0 Å².